The first kappa shape index (κ1) is 11.0. The van der Waals surface area contributed by atoms with Crippen molar-refractivity contribution >= 4 is 17.2 Å². The largest absolute Gasteiger partial charge is 0.372 e. The van der Waals surface area contributed by atoms with Crippen molar-refractivity contribution < 1.29 is 0 Å². The average Bonchev–Trinajstić information content (AvgIpc) is 2.13. The summed E-state index contributed by atoms with van der Waals surface area (Å²) in [5, 5.41) is 0. The summed E-state index contributed by atoms with van der Waals surface area (Å²) in [4.78, 5) is 3.33. The Morgan fingerprint density at radius 1 is 1.06 bits per heavy atom. The third kappa shape index (κ3) is 1.79. The molecule has 1 nitrogen and oxygen atoms in total. The lowest BCUT2D eigenvalue weighted by Crippen LogP contribution is -2.47. The van der Waals surface area contributed by atoms with Crippen LogP contribution in [0.15, 0.2) is 0 Å². The van der Waals surface area contributed by atoms with E-state index < -0.39 is 0 Å². The highest BCUT2D eigenvalue weighted by atomic mass is 32.1. The van der Waals surface area contributed by atoms with Crippen molar-refractivity contribution in [3.63, 3.8) is 0 Å². The normalized spacial score (nSPS) is 44.8. The van der Waals surface area contributed by atoms with Gasteiger partial charge in [-0.05, 0) is 61.7 Å². The van der Waals surface area contributed by atoms with Gasteiger partial charge < -0.3 is 4.90 Å². The highest BCUT2D eigenvalue weighted by Gasteiger charge is 2.50. The highest BCUT2D eigenvalue weighted by molar-refractivity contribution is 7.80. The zero-order chi connectivity index (χ0) is 11.3. The molecule has 0 aromatic heterocycles. The molecule has 4 fully saturated rings. The van der Waals surface area contributed by atoms with Crippen LogP contribution in [0.1, 0.15) is 44.9 Å². The van der Waals surface area contributed by atoms with Gasteiger partial charge in [0.25, 0.3) is 0 Å². The van der Waals surface area contributed by atoms with Crippen LogP contribution in [0.5, 0.6) is 0 Å². The molecule has 4 saturated carbocycles. The Morgan fingerprint density at radius 2 is 1.50 bits per heavy atom. The fraction of sp³-hybridized carbons (Fsp3) is 0.929. The maximum absolute atomic E-state index is 5.54. The van der Waals surface area contributed by atoms with Crippen molar-refractivity contribution in [2.45, 2.75) is 44.9 Å². The third-order valence-electron chi connectivity index (χ3n) is 5.19. The predicted molar refractivity (Wildman–Crippen MR) is 71.5 cm³/mol. The number of hydrogen-bond donors (Lipinski definition) is 0. The van der Waals surface area contributed by atoms with Crippen molar-refractivity contribution in [3.8, 4) is 0 Å². The zero-order valence-electron chi connectivity index (χ0n) is 10.5. The SMILES string of the molecule is CN(C)C(=S)CC12CC3CC(CC(C3)C1)C2. The molecule has 4 bridgehead atoms. The Kier molecular flexibility index (Phi) is 2.54. The zero-order valence-corrected chi connectivity index (χ0v) is 11.4. The van der Waals surface area contributed by atoms with E-state index >= 15 is 0 Å². The minimum Gasteiger partial charge on any atom is -0.372 e. The molecule has 2 heteroatoms. The standard InChI is InChI=1S/C14H23NS/c1-15(2)13(16)9-14-6-10-3-11(7-14)5-12(4-10)8-14/h10-12H,3-9H2,1-2H3. The Bertz CT molecular complexity index is 273. The maximum Gasteiger partial charge on any atom is 0.0779 e. The van der Waals surface area contributed by atoms with Crippen LogP contribution in [0.4, 0.5) is 0 Å². The van der Waals surface area contributed by atoms with E-state index in [-0.39, 0.29) is 0 Å². The van der Waals surface area contributed by atoms with Crippen molar-refractivity contribution in [1.29, 1.82) is 0 Å². The molecule has 0 amide bonds. The van der Waals surface area contributed by atoms with Crippen molar-refractivity contribution in [1.82, 2.24) is 4.90 Å². The van der Waals surface area contributed by atoms with Gasteiger partial charge in [-0.25, -0.2) is 0 Å². The fourth-order valence-corrected chi connectivity index (χ4v) is 5.29. The van der Waals surface area contributed by atoms with Gasteiger partial charge in [-0.2, -0.15) is 0 Å². The molecule has 0 N–H and O–H groups in total. The molecule has 0 saturated heterocycles. The Morgan fingerprint density at radius 3 is 1.88 bits per heavy atom. The van der Waals surface area contributed by atoms with Gasteiger partial charge in [0, 0.05) is 20.5 Å². The molecular formula is C14H23NS. The molecule has 0 radical (unpaired) electrons. The summed E-state index contributed by atoms with van der Waals surface area (Å²) < 4.78 is 0. The molecular weight excluding hydrogens is 214 g/mol. The van der Waals surface area contributed by atoms with Crippen LogP contribution in [-0.4, -0.2) is 24.0 Å². The van der Waals surface area contributed by atoms with E-state index in [1.165, 1.54) is 49.9 Å². The Hall–Kier alpha value is -0.110. The van der Waals surface area contributed by atoms with Gasteiger partial charge in [0.2, 0.25) is 0 Å². The van der Waals surface area contributed by atoms with Gasteiger partial charge in [0.05, 0.1) is 4.99 Å². The van der Waals surface area contributed by atoms with Gasteiger partial charge in [-0.15, -0.1) is 0 Å². The first-order chi connectivity index (χ1) is 7.56. The van der Waals surface area contributed by atoms with Gasteiger partial charge in [0.15, 0.2) is 0 Å². The Balaban J connectivity index is 1.76. The summed E-state index contributed by atoms with van der Waals surface area (Å²) in [6.07, 6.45) is 10.2. The summed E-state index contributed by atoms with van der Waals surface area (Å²) in [6.45, 7) is 0. The molecule has 4 aliphatic rings. The van der Waals surface area contributed by atoms with Crippen LogP contribution in [0.2, 0.25) is 0 Å². The van der Waals surface area contributed by atoms with Crippen LogP contribution < -0.4 is 0 Å². The van der Waals surface area contributed by atoms with Gasteiger partial charge >= 0.3 is 0 Å². The molecule has 0 heterocycles. The van der Waals surface area contributed by atoms with E-state index in [0.29, 0.717) is 5.41 Å². The quantitative estimate of drug-likeness (QED) is 0.676. The lowest BCUT2D eigenvalue weighted by molar-refractivity contribution is -0.0487. The smallest absolute Gasteiger partial charge is 0.0779 e. The van der Waals surface area contributed by atoms with Gasteiger partial charge in [-0.1, -0.05) is 12.2 Å². The van der Waals surface area contributed by atoms with E-state index in [2.05, 4.69) is 19.0 Å². The fourth-order valence-electron chi connectivity index (χ4n) is 4.99. The van der Waals surface area contributed by atoms with Crippen molar-refractivity contribution in [3.05, 3.63) is 0 Å². The van der Waals surface area contributed by atoms with E-state index in [1.54, 1.807) is 0 Å². The summed E-state index contributed by atoms with van der Waals surface area (Å²) in [6, 6.07) is 0. The molecule has 0 aromatic rings. The molecule has 90 valence electrons. The number of thiocarbonyl (C=S) groups is 1. The molecule has 4 rings (SSSR count). The molecule has 0 aliphatic heterocycles. The van der Waals surface area contributed by atoms with Crippen LogP contribution >= 0.6 is 12.2 Å². The molecule has 0 unspecified atom stereocenters. The molecule has 0 spiro atoms. The van der Waals surface area contributed by atoms with Crippen LogP contribution in [-0.2, 0) is 0 Å². The van der Waals surface area contributed by atoms with Crippen LogP contribution in [0.25, 0.3) is 0 Å². The number of hydrogen-bond acceptors (Lipinski definition) is 1. The summed E-state index contributed by atoms with van der Waals surface area (Å²) in [7, 11) is 4.20. The van der Waals surface area contributed by atoms with Crippen molar-refractivity contribution in [2.24, 2.45) is 23.2 Å². The van der Waals surface area contributed by atoms with E-state index in [0.717, 1.165) is 17.8 Å². The first-order valence-corrected chi connectivity index (χ1v) is 7.17. The molecule has 0 aromatic carbocycles. The molecule has 4 aliphatic carbocycles. The second-order valence-electron chi connectivity index (χ2n) is 6.88. The maximum atomic E-state index is 5.54. The lowest BCUT2D eigenvalue weighted by atomic mass is 9.49. The topological polar surface area (TPSA) is 3.24 Å². The lowest BCUT2D eigenvalue weighted by Gasteiger charge is -2.57. The van der Waals surface area contributed by atoms with E-state index in [4.69, 9.17) is 12.2 Å². The summed E-state index contributed by atoms with van der Waals surface area (Å²) in [5.41, 5.74) is 0.621. The number of rotatable bonds is 2. The van der Waals surface area contributed by atoms with E-state index in [9.17, 15) is 0 Å². The number of nitrogens with zero attached hydrogens (tertiary/aromatic N) is 1. The molecule has 0 atom stereocenters. The average molecular weight is 237 g/mol. The summed E-state index contributed by atoms with van der Waals surface area (Å²) >= 11 is 5.54. The highest BCUT2D eigenvalue weighted by Crippen LogP contribution is 2.61. The second-order valence-corrected chi connectivity index (χ2v) is 7.35. The van der Waals surface area contributed by atoms with Crippen LogP contribution in [0, 0.1) is 23.2 Å². The van der Waals surface area contributed by atoms with Crippen molar-refractivity contribution in [2.75, 3.05) is 14.1 Å². The van der Waals surface area contributed by atoms with Crippen LogP contribution in [0.3, 0.4) is 0 Å². The third-order valence-corrected chi connectivity index (χ3v) is 5.70. The van der Waals surface area contributed by atoms with Gasteiger partial charge in [0.1, 0.15) is 0 Å². The first-order valence-electron chi connectivity index (χ1n) is 6.76. The summed E-state index contributed by atoms with van der Waals surface area (Å²) in [5.74, 6) is 3.16. The van der Waals surface area contributed by atoms with E-state index in [1.807, 2.05) is 0 Å². The molecule has 16 heavy (non-hydrogen) atoms. The second kappa shape index (κ2) is 3.69. The Labute approximate surface area is 105 Å². The van der Waals surface area contributed by atoms with Gasteiger partial charge in [-0.3, -0.25) is 0 Å². The minimum atomic E-state index is 0.621. The predicted octanol–water partition coefficient (Wildman–Crippen LogP) is 3.48. The monoisotopic (exact) mass is 237 g/mol. The minimum absolute atomic E-state index is 0.621.